The van der Waals surface area contributed by atoms with E-state index in [-0.39, 0.29) is 32.7 Å². The van der Waals surface area contributed by atoms with Crippen LogP contribution in [0.3, 0.4) is 0 Å². The molecule has 1 heterocycles. The molecule has 5 aromatic rings. The first kappa shape index (κ1) is 19.9. The van der Waals surface area contributed by atoms with Gasteiger partial charge in [0, 0.05) is 38.8 Å². The summed E-state index contributed by atoms with van der Waals surface area (Å²) in [7, 11) is 2.08. The van der Waals surface area contributed by atoms with Gasteiger partial charge in [0.05, 0.1) is 0 Å². The molecule has 5 rings (SSSR count). The topological polar surface area (TPSA) is 3.88 Å². The van der Waals surface area contributed by atoms with Crippen molar-refractivity contribution in [2.75, 3.05) is 0 Å². The molecular weight excluding hydrogens is 427 g/mol. The summed E-state index contributed by atoms with van der Waals surface area (Å²) in [6.45, 7) is 2.14. The molecule has 0 saturated carbocycles. The van der Waals surface area contributed by atoms with Gasteiger partial charge in [-0.05, 0) is 6.07 Å². The SMILES string of the molecule is Cc1ccc(-c2[c-]c3ccccc3c3ccccc23)[c-]c1-c1cccc[n+]1C.[Y]. The van der Waals surface area contributed by atoms with Crippen LogP contribution in [0.5, 0.6) is 0 Å². The summed E-state index contributed by atoms with van der Waals surface area (Å²) in [5, 5.41) is 4.85. The predicted molar refractivity (Wildman–Crippen MR) is 116 cm³/mol. The van der Waals surface area contributed by atoms with Crippen LogP contribution in [0.2, 0.25) is 0 Å². The van der Waals surface area contributed by atoms with Crippen molar-refractivity contribution in [1.29, 1.82) is 0 Å². The molecule has 1 radical (unpaired) electrons. The van der Waals surface area contributed by atoms with Gasteiger partial charge in [0.2, 0.25) is 0 Å². The zero-order chi connectivity index (χ0) is 19.1. The zero-order valence-corrected chi connectivity index (χ0v) is 19.4. The first-order chi connectivity index (χ1) is 13.7. The Morgan fingerprint density at radius 3 is 2.14 bits per heavy atom. The van der Waals surface area contributed by atoms with Gasteiger partial charge in [-0.3, -0.25) is 0 Å². The molecule has 0 N–H and O–H groups in total. The van der Waals surface area contributed by atoms with Gasteiger partial charge in [-0.15, -0.1) is 28.5 Å². The van der Waals surface area contributed by atoms with Gasteiger partial charge in [-0.2, -0.15) is 29.3 Å². The van der Waals surface area contributed by atoms with Crippen LogP contribution in [0.15, 0.2) is 85.1 Å². The van der Waals surface area contributed by atoms with E-state index in [0.29, 0.717) is 0 Å². The second-order valence-electron chi connectivity index (χ2n) is 7.22. The first-order valence-corrected chi connectivity index (χ1v) is 9.53. The maximum Gasteiger partial charge on any atom is 0.161 e. The van der Waals surface area contributed by atoms with E-state index in [9.17, 15) is 0 Å². The van der Waals surface area contributed by atoms with Crippen LogP contribution in [0, 0.1) is 19.1 Å². The normalized spacial score (nSPS) is 10.8. The van der Waals surface area contributed by atoms with E-state index < -0.39 is 0 Å². The number of hydrogen-bond acceptors (Lipinski definition) is 0. The van der Waals surface area contributed by atoms with Gasteiger partial charge < -0.3 is 0 Å². The molecule has 29 heavy (non-hydrogen) atoms. The number of nitrogens with zero attached hydrogens (tertiary/aromatic N) is 1. The van der Waals surface area contributed by atoms with Crippen LogP contribution in [0.25, 0.3) is 43.9 Å². The Bertz CT molecular complexity index is 1340. The smallest absolute Gasteiger partial charge is 0.161 e. The number of hydrogen-bond donors (Lipinski definition) is 0. The first-order valence-electron chi connectivity index (χ1n) is 9.53. The molecule has 4 aromatic carbocycles. The maximum absolute atomic E-state index is 3.69. The van der Waals surface area contributed by atoms with Crippen LogP contribution in [-0.4, -0.2) is 0 Å². The number of rotatable bonds is 2. The molecule has 0 fully saturated rings. The molecule has 1 nitrogen and oxygen atoms in total. The van der Waals surface area contributed by atoms with Crippen LogP contribution < -0.4 is 4.57 Å². The molecule has 0 saturated heterocycles. The van der Waals surface area contributed by atoms with Crippen LogP contribution in [0.4, 0.5) is 0 Å². The van der Waals surface area contributed by atoms with E-state index in [1.165, 1.54) is 21.7 Å². The van der Waals surface area contributed by atoms with Crippen molar-refractivity contribution >= 4 is 21.5 Å². The van der Waals surface area contributed by atoms with Crippen molar-refractivity contribution in [2.45, 2.75) is 6.92 Å². The summed E-state index contributed by atoms with van der Waals surface area (Å²) < 4.78 is 2.14. The zero-order valence-electron chi connectivity index (χ0n) is 16.6. The van der Waals surface area contributed by atoms with E-state index >= 15 is 0 Å². The van der Waals surface area contributed by atoms with Crippen molar-refractivity contribution in [3.05, 3.63) is 103 Å². The van der Waals surface area contributed by atoms with Crippen molar-refractivity contribution in [3.8, 4) is 22.4 Å². The fourth-order valence-electron chi connectivity index (χ4n) is 3.94. The Labute approximate surface area is 196 Å². The van der Waals surface area contributed by atoms with E-state index in [4.69, 9.17) is 0 Å². The van der Waals surface area contributed by atoms with Gasteiger partial charge in [0.15, 0.2) is 6.20 Å². The molecule has 0 bridgehead atoms. The fourth-order valence-corrected chi connectivity index (χ4v) is 3.94. The molecule has 0 aliphatic heterocycles. The molecular formula is C27H20NY-. The standard InChI is InChI=1S/C27H20N.Y/c1-19-14-15-21(17-25(19)27-13-7-8-16-28(27)2)26-18-20-9-3-4-10-22(20)23-11-5-6-12-24(23)26;/h3-16H,1-2H3;/q-1;. The second-order valence-corrected chi connectivity index (χ2v) is 7.22. The summed E-state index contributed by atoms with van der Waals surface area (Å²) >= 11 is 0. The van der Waals surface area contributed by atoms with Gasteiger partial charge in [0.1, 0.15) is 12.7 Å². The molecule has 0 spiro atoms. The summed E-state index contributed by atoms with van der Waals surface area (Å²) in [6.07, 6.45) is 2.08. The molecule has 1 aromatic heterocycles. The summed E-state index contributed by atoms with van der Waals surface area (Å²) in [4.78, 5) is 0. The van der Waals surface area contributed by atoms with Crippen molar-refractivity contribution < 1.29 is 37.3 Å². The number of benzene rings is 4. The third-order valence-electron chi connectivity index (χ3n) is 5.41. The number of pyridine rings is 1. The molecule has 2 heteroatoms. The Morgan fingerprint density at radius 2 is 1.34 bits per heavy atom. The Kier molecular flexibility index (Phi) is 5.63. The molecule has 0 atom stereocenters. The number of aromatic nitrogens is 1. The Hall–Kier alpha value is -2.35. The second kappa shape index (κ2) is 8.18. The summed E-state index contributed by atoms with van der Waals surface area (Å²) in [5.74, 6) is 0. The minimum Gasteiger partial charge on any atom is -0.234 e. The maximum atomic E-state index is 3.69. The van der Waals surface area contributed by atoms with Crippen molar-refractivity contribution in [2.24, 2.45) is 7.05 Å². The Balaban J connectivity index is 0.00000205. The molecule has 0 aliphatic rings. The van der Waals surface area contributed by atoms with Crippen LogP contribution in [-0.2, 0) is 39.8 Å². The minimum atomic E-state index is 0. The fraction of sp³-hybridized carbons (Fsp3) is 0.0741. The number of aryl methyl sites for hydroxylation is 2. The predicted octanol–water partition coefficient (Wildman–Crippen LogP) is 6.06. The largest absolute Gasteiger partial charge is 0.234 e. The molecule has 0 aliphatic carbocycles. The third-order valence-corrected chi connectivity index (χ3v) is 5.41. The van der Waals surface area contributed by atoms with Gasteiger partial charge in [0.25, 0.3) is 0 Å². The van der Waals surface area contributed by atoms with E-state index in [0.717, 1.165) is 27.8 Å². The Morgan fingerprint density at radius 1 is 0.655 bits per heavy atom. The van der Waals surface area contributed by atoms with Crippen molar-refractivity contribution in [3.63, 3.8) is 0 Å². The van der Waals surface area contributed by atoms with E-state index in [1.54, 1.807) is 0 Å². The average molecular weight is 447 g/mol. The monoisotopic (exact) mass is 447 g/mol. The van der Waals surface area contributed by atoms with Gasteiger partial charge in [-0.25, -0.2) is 4.57 Å². The molecule has 137 valence electrons. The van der Waals surface area contributed by atoms with Crippen LogP contribution >= 0.6 is 0 Å². The van der Waals surface area contributed by atoms with Crippen molar-refractivity contribution in [1.82, 2.24) is 0 Å². The molecule has 0 amide bonds. The third kappa shape index (κ3) is 3.54. The molecule has 0 unspecified atom stereocenters. The average Bonchev–Trinajstić information content (AvgIpc) is 2.74. The summed E-state index contributed by atoms with van der Waals surface area (Å²) in [6, 6.07) is 35.0. The van der Waals surface area contributed by atoms with E-state index in [2.05, 4.69) is 110 Å². The summed E-state index contributed by atoms with van der Waals surface area (Å²) in [5.41, 5.74) is 5.69. The number of fused-ring (bicyclic) bond motifs is 3. The van der Waals surface area contributed by atoms with Gasteiger partial charge >= 0.3 is 0 Å². The van der Waals surface area contributed by atoms with Gasteiger partial charge in [-0.1, -0.05) is 71.8 Å². The van der Waals surface area contributed by atoms with E-state index in [1.807, 2.05) is 6.07 Å². The van der Waals surface area contributed by atoms with Crippen LogP contribution in [0.1, 0.15) is 5.56 Å². The quantitative estimate of drug-likeness (QED) is 0.176. The minimum absolute atomic E-state index is 0.